The summed E-state index contributed by atoms with van der Waals surface area (Å²) in [6, 6.07) is 11.8. The molecule has 8 nitrogen and oxygen atoms in total. The van der Waals surface area contributed by atoms with Gasteiger partial charge < -0.3 is 10.6 Å². The van der Waals surface area contributed by atoms with Crippen LogP contribution >= 0.6 is 0 Å². The molecule has 0 amide bonds. The molecule has 2 aromatic carbocycles. The van der Waals surface area contributed by atoms with E-state index in [2.05, 4.69) is 5.10 Å². The van der Waals surface area contributed by atoms with Gasteiger partial charge in [0.2, 0.25) is 5.95 Å². The number of nitrogens with zero attached hydrogens (tertiary/aromatic N) is 6. The highest BCUT2D eigenvalue weighted by Crippen LogP contribution is 2.32. The van der Waals surface area contributed by atoms with Gasteiger partial charge in [-0.1, -0.05) is 12.1 Å². The van der Waals surface area contributed by atoms with Crippen molar-refractivity contribution < 1.29 is 4.39 Å². The third-order valence-electron chi connectivity index (χ3n) is 6.18. The van der Waals surface area contributed by atoms with Crippen molar-refractivity contribution in [3.05, 3.63) is 64.3 Å². The Bertz CT molecular complexity index is 1500. The predicted octanol–water partition coefficient (Wildman–Crippen LogP) is 3.58. The smallest absolute Gasteiger partial charge is 0.263 e. The zero-order chi connectivity index (χ0) is 25.3. The van der Waals surface area contributed by atoms with Gasteiger partial charge in [-0.25, -0.2) is 9.37 Å². The number of halogens is 1. The molecule has 9 heteroatoms. The average molecular weight is 474 g/mol. The maximum Gasteiger partial charge on any atom is 0.263 e. The fourth-order valence-electron chi connectivity index (χ4n) is 4.17. The molecule has 0 fully saturated rings. The topological polar surface area (TPSA) is 106 Å². The first-order chi connectivity index (χ1) is 16.7. The number of anilines is 1. The largest absolute Gasteiger partial charge is 0.342 e. The number of fused-ring (bicyclic) bond motifs is 1. The molecule has 2 N–H and O–H groups in total. The van der Waals surface area contributed by atoms with Gasteiger partial charge in [0.05, 0.1) is 28.5 Å². The quantitative estimate of drug-likeness (QED) is 0.440. The highest BCUT2D eigenvalue weighted by molar-refractivity contribution is 5.88. The number of rotatable bonds is 7. The Kier molecular flexibility index (Phi) is 6.67. The monoisotopic (exact) mass is 473 g/mol. The van der Waals surface area contributed by atoms with Gasteiger partial charge in [0.25, 0.3) is 5.56 Å². The van der Waals surface area contributed by atoms with Crippen molar-refractivity contribution in [1.29, 1.82) is 5.26 Å². The van der Waals surface area contributed by atoms with Crippen molar-refractivity contribution in [2.45, 2.75) is 26.3 Å². The molecule has 0 saturated heterocycles. The SMILES string of the molecule is CCN(CCC(C)N)c1nc(-c2ccc(C#N)c(F)c2)c(-c2ccc3c(cnn3C)c2)c(=O)n1C. The average Bonchev–Trinajstić information content (AvgIpc) is 3.21. The third-order valence-corrected chi connectivity index (χ3v) is 6.18. The van der Waals surface area contributed by atoms with E-state index in [0.29, 0.717) is 41.4 Å². The minimum absolute atomic E-state index is 0.00125. The Morgan fingerprint density at radius 3 is 2.60 bits per heavy atom. The van der Waals surface area contributed by atoms with E-state index in [1.807, 2.05) is 50.1 Å². The molecule has 0 aliphatic carbocycles. The molecule has 35 heavy (non-hydrogen) atoms. The van der Waals surface area contributed by atoms with Crippen LogP contribution in [0.2, 0.25) is 0 Å². The molecule has 0 radical (unpaired) electrons. The molecule has 0 spiro atoms. The van der Waals surface area contributed by atoms with E-state index in [4.69, 9.17) is 16.0 Å². The summed E-state index contributed by atoms with van der Waals surface area (Å²) in [4.78, 5) is 20.7. The fraction of sp³-hybridized carbons (Fsp3) is 0.308. The first-order valence-electron chi connectivity index (χ1n) is 11.5. The number of hydrogen-bond donors (Lipinski definition) is 1. The Morgan fingerprint density at radius 1 is 1.20 bits per heavy atom. The van der Waals surface area contributed by atoms with Crippen molar-refractivity contribution in [2.75, 3.05) is 18.0 Å². The minimum Gasteiger partial charge on any atom is -0.342 e. The standard InChI is InChI=1S/C26H28FN7O/c1-5-34(11-10-16(2)29)26-31-24(18-6-7-19(14-28)21(27)13-18)23(25(35)32(26)3)17-8-9-22-20(12-17)15-30-33(22)4/h6-9,12-13,15-16H,5,10-11,29H2,1-4H3. The lowest BCUT2D eigenvalue weighted by atomic mass is 9.98. The molecule has 4 aromatic rings. The van der Waals surface area contributed by atoms with Crippen molar-refractivity contribution in [3.63, 3.8) is 0 Å². The van der Waals surface area contributed by atoms with Crippen LogP contribution in [-0.2, 0) is 14.1 Å². The van der Waals surface area contributed by atoms with Crippen LogP contribution in [0.3, 0.4) is 0 Å². The number of aromatic nitrogens is 4. The summed E-state index contributed by atoms with van der Waals surface area (Å²) in [5.41, 5.74) is 8.36. The Morgan fingerprint density at radius 2 is 1.94 bits per heavy atom. The molecule has 1 atom stereocenters. The molecule has 0 saturated carbocycles. The van der Waals surface area contributed by atoms with Gasteiger partial charge in [0, 0.05) is 44.2 Å². The van der Waals surface area contributed by atoms with Crippen LogP contribution in [0.25, 0.3) is 33.3 Å². The number of hydrogen-bond acceptors (Lipinski definition) is 6. The van der Waals surface area contributed by atoms with Gasteiger partial charge in [-0.15, -0.1) is 0 Å². The molecule has 2 heterocycles. The zero-order valence-corrected chi connectivity index (χ0v) is 20.3. The normalized spacial score (nSPS) is 12.0. The molecular formula is C26H28FN7O. The number of benzene rings is 2. The highest BCUT2D eigenvalue weighted by Gasteiger charge is 2.22. The summed E-state index contributed by atoms with van der Waals surface area (Å²) < 4.78 is 17.9. The predicted molar refractivity (Wildman–Crippen MR) is 135 cm³/mol. The van der Waals surface area contributed by atoms with Gasteiger partial charge in [-0.3, -0.25) is 14.0 Å². The first kappa shape index (κ1) is 24.1. The van der Waals surface area contributed by atoms with Crippen LogP contribution in [0.4, 0.5) is 10.3 Å². The van der Waals surface area contributed by atoms with E-state index in [1.165, 1.54) is 16.7 Å². The van der Waals surface area contributed by atoms with Crippen LogP contribution in [-0.4, -0.2) is 38.5 Å². The van der Waals surface area contributed by atoms with E-state index in [0.717, 1.165) is 17.3 Å². The second-order valence-electron chi connectivity index (χ2n) is 8.69. The maximum atomic E-state index is 14.6. The second-order valence-corrected chi connectivity index (χ2v) is 8.69. The second kappa shape index (κ2) is 9.68. The first-order valence-corrected chi connectivity index (χ1v) is 11.5. The van der Waals surface area contributed by atoms with Crippen molar-refractivity contribution in [3.8, 4) is 28.5 Å². The van der Waals surface area contributed by atoms with Crippen molar-refractivity contribution in [1.82, 2.24) is 19.3 Å². The van der Waals surface area contributed by atoms with E-state index >= 15 is 0 Å². The molecular weight excluding hydrogens is 445 g/mol. The Hall–Kier alpha value is -4.03. The zero-order valence-electron chi connectivity index (χ0n) is 20.3. The Labute approximate surface area is 203 Å². The molecule has 4 rings (SSSR count). The van der Waals surface area contributed by atoms with E-state index < -0.39 is 5.82 Å². The van der Waals surface area contributed by atoms with Crippen LogP contribution in [0.15, 0.2) is 47.4 Å². The number of aryl methyl sites for hydroxylation is 1. The van der Waals surface area contributed by atoms with Crippen molar-refractivity contribution in [2.24, 2.45) is 19.8 Å². The lowest BCUT2D eigenvalue weighted by Gasteiger charge is -2.26. The molecule has 180 valence electrons. The van der Waals surface area contributed by atoms with Crippen LogP contribution < -0.4 is 16.2 Å². The van der Waals surface area contributed by atoms with Crippen LogP contribution in [0.1, 0.15) is 25.8 Å². The third kappa shape index (κ3) is 4.53. The molecule has 1 unspecified atom stereocenters. The molecule has 0 bridgehead atoms. The molecule has 0 aliphatic heterocycles. The summed E-state index contributed by atoms with van der Waals surface area (Å²) in [7, 11) is 3.54. The lowest BCUT2D eigenvalue weighted by molar-refractivity contribution is 0.622. The summed E-state index contributed by atoms with van der Waals surface area (Å²) in [6.07, 6.45) is 2.46. The van der Waals surface area contributed by atoms with Crippen LogP contribution in [0, 0.1) is 17.1 Å². The molecule has 2 aromatic heterocycles. The Balaban J connectivity index is 1.98. The summed E-state index contributed by atoms with van der Waals surface area (Å²) in [5.74, 6) is -0.184. The molecule has 0 aliphatic rings. The van der Waals surface area contributed by atoms with Crippen molar-refractivity contribution >= 4 is 16.9 Å². The lowest BCUT2D eigenvalue weighted by Crippen LogP contribution is -2.35. The van der Waals surface area contributed by atoms with Gasteiger partial charge in [-0.2, -0.15) is 10.4 Å². The van der Waals surface area contributed by atoms with E-state index in [9.17, 15) is 9.18 Å². The van der Waals surface area contributed by atoms with E-state index in [-0.39, 0.29) is 17.2 Å². The van der Waals surface area contributed by atoms with E-state index in [1.54, 1.807) is 24.0 Å². The van der Waals surface area contributed by atoms with Gasteiger partial charge in [-0.05, 0) is 50.1 Å². The van der Waals surface area contributed by atoms with Crippen LogP contribution in [0.5, 0.6) is 0 Å². The fourth-order valence-corrected chi connectivity index (χ4v) is 4.17. The number of nitrogens with two attached hydrogens (primary N) is 1. The summed E-state index contributed by atoms with van der Waals surface area (Å²) in [6.45, 7) is 5.16. The summed E-state index contributed by atoms with van der Waals surface area (Å²) >= 11 is 0. The maximum absolute atomic E-state index is 14.6. The summed E-state index contributed by atoms with van der Waals surface area (Å²) in [5, 5.41) is 14.3. The van der Waals surface area contributed by atoms with Gasteiger partial charge >= 0.3 is 0 Å². The minimum atomic E-state index is -0.660. The van der Waals surface area contributed by atoms with Gasteiger partial charge in [0.15, 0.2) is 0 Å². The van der Waals surface area contributed by atoms with Gasteiger partial charge in [0.1, 0.15) is 11.9 Å². The highest BCUT2D eigenvalue weighted by atomic mass is 19.1. The number of nitriles is 1.